The van der Waals surface area contributed by atoms with Gasteiger partial charge in [-0.05, 0) is 43.5 Å². The van der Waals surface area contributed by atoms with Crippen LogP contribution in [0.1, 0.15) is 47.2 Å². The molecule has 0 fully saturated rings. The molecule has 0 unspecified atom stereocenters. The molecule has 0 aliphatic rings. The second-order valence-corrected chi connectivity index (χ2v) is 6.42. The maximum atomic E-state index is 12.4. The van der Waals surface area contributed by atoms with Crippen LogP contribution in [0.3, 0.4) is 0 Å². The number of ketones is 1. The van der Waals surface area contributed by atoms with Crippen LogP contribution in [-0.4, -0.2) is 17.7 Å². The summed E-state index contributed by atoms with van der Waals surface area (Å²) in [5.74, 6) is 0.921. The van der Waals surface area contributed by atoms with Gasteiger partial charge in [0.05, 0.1) is 6.61 Å². The summed E-state index contributed by atoms with van der Waals surface area (Å²) >= 11 is 3.44. The number of carbonyl (C=O) groups excluding carboxylic acids is 1. The monoisotopic (exact) mass is 374 g/mol. The van der Waals surface area contributed by atoms with Gasteiger partial charge < -0.3 is 4.74 Å². The Kier molecular flexibility index (Phi) is 7.34. The summed E-state index contributed by atoms with van der Waals surface area (Å²) in [5, 5.41) is 1.07. The first-order chi connectivity index (χ1) is 11.2. The summed E-state index contributed by atoms with van der Waals surface area (Å²) < 4.78 is 5.83. The van der Waals surface area contributed by atoms with Crippen LogP contribution < -0.4 is 4.74 Å². The summed E-state index contributed by atoms with van der Waals surface area (Å²) in [6.07, 6.45) is 4.71. The third-order valence-electron chi connectivity index (χ3n) is 3.76. The van der Waals surface area contributed by atoms with E-state index in [0.717, 1.165) is 29.7 Å². The first-order valence-corrected chi connectivity index (χ1v) is 9.23. The first-order valence-electron chi connectivity index (χ1n) is 8.11. The van der Waals surface area contributed by atoms with E-state index >= 15 is 0 Å². The minimum Gasteiger partial charge on any atom is -0.493 e. The lowest BCUT2D eigenvalue weighted by Crippen LogP contribution is -2.03. The van der Waals surface area contributed by atoms with Crippen LogP contribution >= 0.6 is 15.9 Å². The van der Waals surface area contributed by atoms with Gasteiger partial charge in [-0.25, -0.2) is 0 Å². The summed E-state index contributed by atoms with van der Waals surface area (Å²) in [6, 6.07) is 15.0. The Morgan fingerprint density at radius 3 is 2.39 bits per heavy atom. The highest BCUT2D eigenvalue weighted by molar-refractivity contribution is 9.09. The molecule has 2 nitrogen and oxygen atoms in total. The third-order valence-corrected chi connectivity index (χ3v) is 4.32. The number of unbranched alkanes of at least 4 members (excludes halogenated alkanes) is 3. The van der Waals surface area contributed by atoms with E-state index in [1.165, 1.54) is 19.3 Å². The van der Waals surface area contributed by atoms with Crippen LogP contribution in [0.15, 0.2) is 48.5 Å². The highest BCUT2D eigenvalue weighted by atomic mass is 79.9. The minimum atomic E-state index is 0.0509. The molecule has 0 N–H and O–H groups in total. The molecule has 2 rings (SSSR count). The van der Waals surface area contributed by atoms with E-state index in [2.05, 4.69) is 15.9 Å². The third kappa shape index (κ3) is 5.51. The summed E-state index contributed by atoms with van der Waals surface area (Å²) in [4.78, 5) is 12.4. The lowest BCUT2D eigenvalue weighted by atomic mass is 10.0. The Bertz CT molecular complexity index is 623. The molecule has 0 saturated heterocycles. The Morgan fingerprint density at radius 2 is 1.70 bits per heavy atom. The standard InChI is InChI=1S/C20H23BrO2/c1-16-15-18(20(22)17-9-5-4-6-10-17)11-12-19(16)23-14-8-3-2-7-13-21/h4-6,9-12,15H,2-3,7-8,13-14H2,1H3. The zero-order valence-electron chi connectivity index (χ0n) is 13.6. The van der Waals surface area contributed by atoms with Crippen LogP contribution in [0.5, 0.6) is 5.75 Å². The first kappa shape index (κ1) is 17.7. The van der Waals surface area contributed by atoms with Gasteiger partial charge in [-0.3, -0.25) is 4.79 Å². The Morgan fingerprint density at radius 1 is 0.957 bits per heavy atom. The van der Waals surface area contributed by atoms with E-state index < -0.39 is 0 Å². The van der Waals surface area contributed by atoms with Gasteiger partial charge in [-0.1, -0.05) is 59.1 Å². The number of benzene rings is 2. The number of halogens is 1. The molecule has 2 aromatic carbocycles. The Hall–Kier alpha value is -1.61. The Balaban J connectivity index is 1.91. The maximum Gasteiger partial charge on any atom is 0.193 e. The molecule has 0 aliphatic heterocycles. The van der Waals surface area contributed by atoms with E-state index in [-0.39, 0.29) is 5.78 Å². The average Bonchev–Trinajstić information content (AvgIpc) is 2.59. The molecule has 0 amide bonds. The fourth-order valence-corrected chi connectivity index (χ4v) is 2.84. The summed E-state index contributed by atoms with van der Waals surface area (Å²) in [6.45, 7) is 2.72. The summed E-state index contributed by atoms with van der Waals surface area (Å²) in [5.41, 5.74) is 2.43. The van der Waals surface area contributed by atoms with E-state index in [9.17, 15) is 4.79 Å². The quantitative estimate of drug-likeness (QED) is 0.326. The van der Waals surface area contributed by atoms with E-state index in [1.54, 1.807) is 0 Å². The summed E-state index contributed by atoms with van der Waals surface area (Å²) in [7, 11) is 0. The number of aryl methyl sites for hydroxylation is 1. The van der Waals surface area contributed by atoms with Crippen molar-refractivity contribution in [1.29, 1.82) is 0 Å². The largest absolute Gasteiger partial charge is 0.493 e. The average molecular weight is 375 g/mol. The van der Waals surface area contributed by atoms with E-state index in [0.29, 0.717) is 11.1 Å². The van der Waals surface area contributed by atoms with Crippen LogP contribution in [0.2, 0.25) is 0 Å². The SMILES string of the molecule is Cc1cc(C(=O)c2ccccc2)ccc1OCCCCCCBr. The van der Waals surface area contributed by atoms with Gasteiger partial charge in [-0.2, -0.15) is 0 Å². The fraction of sp³-hybridized carbons (Fsp3) is 0.350. The molecule has 3 heteroatoms. The van der Waals surface area contributed by atoms with Crippen molar-refractivity contribution in [2.24, 2.45) is 0 Å². The van der Waals surface area contributed by atoms with Crippen molar-refractivity contribution >= 4 is 21.7 Å². The number of hydrogen-bond acceptors (Lipinski definition) is 2. The van der Waals surface area contributed by atoms with Crippen molar-refractivity contribution in [3.8, 4) is 5.75 Å². The molecule has 0 aromatic heterocycles. The van der Waals surface area contributed by atoms with Gasteiger partial charge in [0.25, 0.3) is 0 Å². The fourth-order valence-electron chi connectivity index (χ4n) is 2.44. The molecule has 2 aromatic rings. The second kappa shape index (κ2) is 9.51. The van der Waals surface area contributed by atoms with Crippen molar-refractivity contribution in [3.63, 3.8) is 0 Å². The predicted octanol–water partition coefficient (Wildman–Crippen LogP) is 5.56. The molecule has 0 bridgehead atoms. The van der Waals surface area contributed by atoms with Gasteiger partial charge in [-0.15, -0.1) is 0 Å². The number of carbonyl (C=O) groups is 1. The molecule has 0 aliphatic carbocycles. The molecule has 23 heavy (non-hydrogen) atoms. The molecule has 0 atom stereocenters. The van der Waals surface area contributed by atoms with Crippen molar-refractivity contribution in [1.82, 2.24) is 0 Å². The highest BCUT2D eigenvalue weighted by Gasteiger charge is 2.10. The molecule has 0 radical (unpaired) electrons. The van der Waals surface area contributed by atoms with E-state index in [1.807, 2.05) is 55.5 Å². The Labute approximate surface area is 147 Å². The van der Waals surface area contributed by atoms with Gasteiger partial charge in [0, 0.05) is 16.5 Å². The number of alkyl halides is 1. The highest BCUT2D eigenvalue weighted by Crippen LogP contribution is 2.21. The molecular weight excluding hydrogens is 352 g/mol. The molecule has 0 heterocycles. The molecule has 122 valence electrons. The van der Waals surface area contributed by atoms with Crippen LogP contribution in [0, 0.1) is 6.92 Å². The van der Waals surface area contributed by atoms with Crippen LogP contribution in [-0.2, 0) is 0 Å². The maximum absolute atomic E-state index is 12.4. The van der Waals surface area contributed by atoms with Crippen molar-refractivity contribution in [2.45, 2.75) is 32.6 Å². The van der Waals surface area contributed by atoms with E-state index in [4.69, 9.17) is 4.74 Å². The second-order valence-electron chi connectivity index (χ2n) is 5.63. The smallest absolute Gasteiger partial charge is 0.193 e. The van der Waals surface area contributed by atoms with Gasteiger partial charge in [0.2, 0.25) is 0 Å². The molecular formula is C20H23BrO2. The number of hydrogen-bond donors (Lipinski definition) is 0. The molecule has 0 spiro atoms. The normalized spacial score (nSPS) is 10.5. The zero-order valence-corrected chi connectivity index (χ0v) is 15.1. The zero-order chi connectivity index (χ0) is 16.5. The van der Waals surface area contributed by atoms with Crippen molar-refractivity contribution in [2.75, 3.05) is 11.9 Å². The lowest BCUT2D eigenvalue weighted by molar-refractivity contribution is 0.103. The lowest BCUT2D eigenvalue weighted by Gasteiger charge is -2.10. The van der Waals surface area contributed by atoms with Crippen LogP contribution in [0.4, 0.5) is 0 Å². The van der Waals surface area contributed by atoms with Gasteiger partial charge in [0.15, 0.2) is 5.78 Å². The van der Waals surface area contributed by atoms with Gasteiger partial charge >= 0.3 is 0 Å². The van der Waals surface area contributed by atoms with Crippen molar-refractivity contribution < 1.29 is 9.53 Å². The molecule has 0 saturated carbocycles. The number of ether oxygens (including phenoxy) is 1. The topological polar surface area (TPSA) is 26.3 Å². The van der Waals surface area contributed by atoms with Crippen LogP contribution in [0.25, 0.3) is 0 Å². The van der Waals surface area contributed by atoms with Gasteiger partial charge in [0.1, 0.15) is 5.75 Å². The number of rotatable bonds is 9. The predicted molar refractivity (Wildman–Crippen MR) is 98.8 cm³/mol. The minimum absolute atomic E-state index is 0.0509. The van der Waals surface area contributed by atoms with Crippen molar-refractivity contribution in [3.05, 3.63) is 65.2 Å².